The highest BCUT2D eigenvalue weighted by atomic mass is 16.5. The van der Waals surface area contributed by atoms with Gasteiger partial charge in [-0.3, -0.25) is 0 Å². The molecule has 0 aromatic heterocycles. The largest absolute Gasteiger partial charge is 0.379 e. The zero-order chi connectivity index (χ0) is 11.8. The molecule has 1 aliphatic rings. The van der Waals surface area contributed by atoms with Gasteiger partial charge in [-0.15, -0.1) is 0 Å². The summed E-state index contributed by atoms with van der Waals surface area (Å²) in [7, 11) is 0. The Morgan fingerprint density at radius 3 is 2.94 bits per heavy atom. The van der Waals surface area contributed by atoms with Gasteiger partial charge in [-0.05, 0) is 31.7 Å². The van der Waals surface area contributed by atoms with Gasteiger partial charge in [0.25, 0.3) is 0 Å². The molecule has 0 amide bonds. The molecule has 1 rings (SSSR count). The van der Waals surface area contributed by atoms with Crippen molar-refractivity contribution < 1.29 is 9.47 Å². The third-order valence-corrected chi connectivity index (χ3v) is 3.03. The average molecular weight is 229 g/mol. The van der Waals surface area contributed by atoms with Crippen molar-refractivity contribution in [2.75, 3.05) is 26.4 Å². The number of hydrogen-bond acceptors (Lipinski definition) is 3. The summed E-state index contributed by atoms with van der Waals surface area (Å²) in [6, 6.07) is 0.484. The lowest BCUT2D eigenvalue weighted by Crippen LogP contribution is -2.47. The highest BCUT2D eigenvalue weighted by molar-refractivity contribution is 4.80. The average Bonchev–Trinajstić information content (AvgIpc) is 2.26. The number of likely N-dealkylation sites (N-methyl/N-ethyl adjacent to an activating group) is 1. The van der Waals surface area contributed by atoms with Crippen LogP contribution in [0.1, 0.15) is 40.0 Å². The standard InChI is InChI=1S/C13H27NO2/c1-4-14-12-7-9-15-10-13(12)16-8-5-6-11(2)3/h11-14H,4-10H2,1-3H3. The molecule has 1 N–H and O–H groups in total. The van der Waals surface area contributed by atoms with E-state index in [0.29, 0.717) is 6.04 Å². The van der Waals surface area contributed by atoms with Gasteiger partial charge in [0, 0.05) is 19.3 Å². The highest BCUT2D eigenvalue weighted by Gasteiger charge is 2.25. The second-order valence-corrected chi connectivity index (χ2v) is 4.97. The van der Waals surface area contributed by atoms with Crippen LogP contribution >= 0.6 is 0 Å². The maximum Gasteiger partial charge on any atom is 0.0961 e. The second kappa shape index (κ2) is 8.04. The highest BCUT2D eigenvalue weighted by Crippen LogP contribution is 2.12. The third-order valence-electron chi connectivity index (χ3n) is 3.03. The minimum absolute atomic E-state index is 0.251. The lowest BCUT2D eigenvalue weighted by Gasteiger charge is -2.32. The first-order valence-corrected chi connectivity index (χ1v) is 6.66. The van der Waals surface area contributed by atoms with Gasteiger partial charge < -0.3 is 14.8 Å². The Labute approximate surface area is 99.9 Å². The molecule has 1 heterocycles. The van der Waals surface area contributed by atoms with E-state index < -0.39 is 0 Å². The van der Waals surface area contributed by atoms with E-state index in [1.807, 2.05) is 0 Å². The molecule has 1 fully saturated rings. The van der Waals surface area contributed by atoms with Crippen molar-refractivity contribution in [1.82, 2.24) is 5.32 Å². The predicted molar refractivity (Wildman–Crippen MR) is 66.7 cm³/mol. The summed E-state index contributed by atoms with van der Waals surface area (Å²) in [6.45, 7) is 10.1. The predicted octanol–water partition coefficient (Wildman–Crippen LogP) is 2.21. The van der Waals surface area contributed by atoms with Gasteiger partial charge in [0.05, 0.1) is 12.7 Å². The van der Waals surface area contributed by atoms with Crippen molar-refractivity contribution in [1.29, 1.82) is 0 Å². The van der Waals surface area contributed by atoms with Gasteiger partial charge in [0.15, 0.2) is 0 Å². The van der Waals surface area contributed by atoms with E-state index in [0.717, 1.165) is 45.1 Å². The third kappa shape index (κ3) is 5.28. The molecule has 3 nitrogen and oxygen atoms in total. The zero-order valence-electron chi connectivity index (χ0n) is 11.0. The molecule has 0 spiro atoms. The zero-order valence-corrected chi connectivity index (χ0v) is 11.0. The summed E-state index contributed by atoms with van der Waals surface area (Å²) in [4.78, 5) is 0. The molecule has 2 atom stereocenters. The van der Waals surface area contributed by atoms with Crippen molar-refractivity contribution in [3.8, 4) is 0 Å². The molecule has 0 saturated carbocycles. The van der Waals surface area contributed by atoms with Crippen molar-refractivity contribution in [2.45, 2.75) is 52.2 Å². The molecule has 0 bridgehead atoms. The van der Waals surface area contributed by atoms with Crippen LogP contribution < -0.4 is 5.32 Å². The van der Waals surface area contributed by atoms with E-state index in [1.165, 1.54) is 6.42 Å². The van der Waals surface area contributed by atoms with E-state index in [4.69, 9.17) is 9.47 Å². The minimum Gasteiger partial charge on any atom is -0.379 e. The first-order chi connectivity index (χ1) is 7.74. The normalized spacial score (nSPS) is 26.2. The summed E-state index contributed by atoms with van der Waals surface area (Å²) >= 11 is 0. The molecule has 0 radical (unpaired) electrons. The SMILES string of the molecule is CCNC1CCOCC1OCCCC(C)C. The van der Waals surface area contributed by atoms with Crippen LogP contribution in [0, 0.1) is 5.92 Å². The molecule has 3 heteroatoms. The molecule has 1 saturated heterocycles. The molecule has 1 aliphatic heterocycles. The van der Waals surface area contributed by atoms with Crippen LogP contribution in [0.15, 0.2) is 0 Å². The van der Waals surface area contributed by atoms with Crippen molar-refractivity contribution in [3.05, 3.63) is 0 Å². The van der Waals surface area contributed by atoms with Crippen molar-refractivity contribution in [2.24, 2.45) is 5.92 Å². The maximum atomic E-state index is 5.91. The summed E-state index contributed by atoms with van der Waals surface area (Å²) in [5.41, 5.74) is 0. The maximum absolute atomic E-state index is 5.91. The van der Waals surface area contributed by atoms with Crippen LogP contribution in [-0.4, -0.2) is 38.5 Å². The van der Waals surface area contributed by atoms with Crippen molar-refractivity contribution in [3.63, 3.8) is 0 Å². The molecule has 16 heavy (non-hydrogen) atoms. The molecular weight excluding hydrogens is 202 g/mol. The van der Waals surface area contributed by atoms with Gasteiger partial charge in [-0.2, -0.15) is 0 Å². The fraction of sp³-hybridized carbons (Fsp3) is 1.00. The van der Waals surface area contributed by atoms with Gasteiger partial charge in [0.2, 0.25) is 0 Å². The first-order valence-electron chi connectivity index (χ1n) is 6.66. The Bertz CT molecular complexity index is 171. The number of ether oxygens (including phenoxy) is 2. The van der Waals surface area contributed by atoms with Crippen LogP contribution in [0.2, 0.25) is 0 Å². The van der Waals surface area contributed by atoms with Gasteiger partial charge >= 0.3 is 0 Å². The number of hydrogen-bond donors (Lipinski definition) is 1. The fourth-order valence-corrected chi connectivity index (χ4v) is 2.10. The summed E-state index contributed by atoms with van der Waals surface area (Å²) < 4.78 is 11.4. The Balaban J connectivity index is 2.16. The summed E-state index contributed by atoms with van der Waals surface area (Å²) in [5.74, 6) is 0.774. The second-order valence-electron chi connectivity index (χ2n) is 4.97. The van der Waals surface area contributed by atoms with E-state index in [9.17, 15) is 0 Å². The van der Waals surface area contributed by atoms with Gasteiger partial charge in [-0.1, -0.05) is 20.8 Å². The summed E-state index contributed by atoms with van der Waals surface area (Å²) in [5, 5.41) is 3.48. The van der Waals surface area contributed by atoms with Crippen LogP contribution in [0.5, 0.6) is 0 Å². The van der Waals surface area contributed by atoms with Crippen molar-refractivity contribution >= 4 is 0 Å². The van der Waals surface area contributed by atoms with Crippen LogP contribution in [0.3, 0.4) is 0 Å². The topological polar surface area (TPSA) is 30.5 Å². The van der Waals surface area contributed by atoms with Gasteiger partial charge in [-0.25, -0.2) is 0 Å². The lowest BCUT2D eigenvalue weighted by atomic mass is 10.1. The molecule has 2 unspecified atom stereocenters. The number of rotatable bonds is 7. The van der Waals surface area contributed by atoms with Gasteiger partial charge in [0.1, 0.15) is 0 Å². The quantitative estimate of drug-likeness (QED) is 0.679. The molecular formula is C13H27NO2. The number of nitrogens with one attached hydrogen (secondary N) is 1. The smallest absolute Gasteiger partial charge is 0.0961 e. The lowest BCUT2D eigenvalue weighted by molar-refractivity contribution is -0.0695. The Morgan fingerprint density at radius 2 is 2.25 bits per heavy atom. The molecule has 0 aromatic carbocycles. The Hall–Kier alpha value is -0.120. The van der Waals surface area contributed by atoms with E-state index in [1.54, 1.807) is 0 Å². The minimum atomic E-state index is 0.251. The molecule has 0 aromatic rings. The Morgan fingerprint density at radius 1 is 1.44 bits per heavy atom. The molecule has 96 valence electrons. The van der Waals surface area contributed by atoms with Crippen LogP contribution in [0.25, 0.3) is 0 Å². The Kier molecular flexibility index (Phi) is 7.01. The molecule has 0 aliphatic carbocycles. The van der Waals surface area contributed by atoms with Crippen LogP contribution in [-0.2, 0) is 9.47 Å². The first kappa shape index (κ1) is 13.9. The van der Waals surface area contributed by atoms with Crippen LogP contribution in [0.4, 0.5) is 0 Å². The monoisotopic (exact) mass is 229 g/mol. The van der Waals surface area contributed by atoms with E-state index in [2.05, 4.69) is 26.1 Å². The fourth-order valence-electron chi connectivity index (χ4n) is 2.10. The van der Waals surface area contributed by atoms with E-state index >= 15 is 0 Å². The summed E-state index contributed by atoms with van der Waals surface area (Å²) in [6.07, 6.45) is 3.73. The van der Waals surface area contributed by atoms with E-state index in [-0.39, 0.29) is 6.10 Å².